The average molecular weight is 720 g/mol. The second-order valence-electron chi connectivity index (χ2n) is 13.2. The van der Waals surface area contributed by atoms with E-state index in [1.165, 1.54) is 28.8 Å². The molecule has 1 amide bonds. The summed E-state index contributed by atoms with van der Waals surface area (Å²) in [7, 11) is 0. The largest absolute Gasteiger partial charge is 0.493 e. The van der Waals surface area contributed by atoms with Gasteiger partial charge in [0.15, 0.2) is 5.75 Å². The van der Waals surface area contributed by atoms with Gasteiger partial charge in [-0.2, -0.15) is 0 Å². The van der Waals surface area contributed by atoms with Crippen molar-refractivity contribution in [3.8, 4) is 23.1 Å². The van der Waals surface area contributed by atoms with Crippen LogP contribution < -0.4 is 14.2 Å². The molecule has 0 unspecified atom stereocenters. The monoisotopic (exact) mass is 719 g/mol. The lowest BCUT2D eigenvalue weighted by molar-refractivity contribution is -0.127. The minimum atomic E-state index is -0.291. The van der Waals surface area contributed by atoms with Crippen LogP contribution in [0.15, 0.2) is 103 Å². The van der Waals surface area contributed by atoms with E-state index < -0.39 is 0 Å². The molecule has 9 heteroatoms. The Labute approximate surface area is 310 Å². The van der Waals surface area contributed by atoms with Crippen molar-refractivity contribution < 1.29 is 23.4 Å². The van der Waals surface area contributed by atoms with E-state index in [-0.39, 0.29) is 18.3 Å². The van der Waals surface area contributed by atoms with Gasteiger partial charge in [-0.15, -0.1) is 0 Å². The summed E-state index contributed by atoms with van der Waals surface area (Å²) in [5.74, 6) is 1.96. The van der Waals surface area contributed by atoms with Crippen LogP contribution in [-0.2, 0) is 24.4 Å². The molecule has 1 saturated heterocycles. The first-order valence-electron chi connectivity index (χ1n) is 17.5. The molecular weight excluding hydrogens is 677 g/mol. The molecule has 0 atom stereocenters. The van der Waals surface area contributed by atoms with E-state index >= 15 is 0 Å². The first-order chi connectivity index (χ1) is 25.2. The zero-order valence-corrected chi connectivity index (χ0v) is 30.5. The van der Waals surface area contributed by atoms with Crippen LogP contribution in [0.25, 0.3) is 6.08 Å². The quantitative estimate of drug-likeness (QED) is 0.113. The van der Waals surface area contributed by atoms with Crippen LogP contribution in [0, 0.1) is 26.6 Å². The number of aromatic nitrogens is 1. The number of pyridine rings is 1. The van der Waals surface area contributed by atoms with Crippen LogP contribution in [0.3, 0.4) is 0 Å². The topological polar surface area (TPSA) is 64.1 Å². The minimum absolute atomic E-state index is 0.0231. The van der Waals surface area contributed by atoms with Crippen LogP contribution in [0.2, 0.25) is 5.02 Å². The van der Waals surface area contributed by atoms with Gasteiger partial charge in [0.05, 0.1) is 17.8 Å². The fourth-order valence-corrected chi connectivity index (χ4v) is 6.37. The van der Waals surface area contributed by atoms with Gasteiger partial charge in [-0.25, -0.2) is 9.37 Å². The first-order valence-corrected chi connectivity index (χ1v) is 17.8. The molecular formula is C43H43ClFN3O4. The number of nitrogens with zero attached hydrogens (tertiary/aromatic N) is 3. The van der Waals surface area contributed by atoms with Gasteiger partial charge in [-0.05, 0) is 103 Å². The standard InChI is InChI=1S/C43H43ClFN3O4/c1-30-4-11-38(12-5-30)50-21-16-33-6-8-34(9-7-33)28-47-17-19-48(20-18-47)42(49)15-10-35-24-32(3)43(40(44)26-35)52-41-14-13-39(27-46-41)51-29-36-22-31(2)23-37(45)25-36/h4-15,22-27H,16-21,28-29H2,1-3H3. The van der Waals surface area contributed by atoms with Gasteiger partial charge in [-0.3, -0.25) is 9.69 Å². The number of carbonyl (C=O) groups is 1. The fourth-order valence-electron chi connectivity index (χ4n) is 6.05. The molecule has 1 aliphatic heterocycles. The summed E-state index contributed by atoms with van der Waals surface area (Å²) in [6.07, 6.45) is 5.80. The number of hydrogen-bond acceptors (Lipinski definition) is 6. The number of piperazine rings is 1. The second-order valence-corrected chi connectivity index (χ2v) is 13.6. The number of carbonyl (C=O) groups excluding carboxylic acids is 1. The molecule has 0 spiro atoms. The Bertz CT molecular complexity index is 1950. The van der Waals surface area contributed by atoms with Crippen molar-refractivity contribution in [3.05, 3.63) is 153 Å². The van der Waals surface area contributed by atoms with Gasteiger partial charge < -0.3 is 19.1 Å². The SMILES string of the molecule is Cc1ccc(OCCc2ccc(CN3CCN(C(=O)C=Cc4cc(C)c(Oc5ccc(OCc6cc(C)cc(F)c6)cn5)c(Cl)c4)CC3)cc2)cc1. The zero-order valence-electron chi connectivity index (χ0n) is 29.8. The molecule has 1 aromatic heterocycles. The van der Waals surface area contributed by atoms with E-state index in [1.54, 1.807) is 36.5 Å². The smallest absolute Gasteiger partial charge is 0.246 e. The number of hydrogen-bond donors (Lipinski definition) is 0. The maximum Gasteiger partial charge on any atom is 0.246 e. The normalized spacial score (nSPS) is 13.4. The molecule has 0 aliphatic carbocycles. The van der Waals surface area contributed by atoms with Crippen LogP contribution in [0.5, 0.6) is 23.1 Å². The van der Waals surface area contributed by atoms with Crippen molar-refractivity contribution in [1.29, 1.82) is 0 Å². The highest BCUT2D eigenvalue weighted by Crippen LogP contribution is 2.34. The molecule has 0 N–H and O–H groups in total. The summed E-state index contributed by atoms with van der Waals surface area (Å²) in [6, 6.07) is 28.8. The van der Waals surface area contributed by atoms with Gasteiger partial charge >= 0.3 is 0 Å². The van der Waals surface area contributed by atoms with E-state index in [1.807, 2.05) is 43.0 Å². The van der Waals surface area contributed by atoms with Crippen molar-refractivity contribution in [2.45, 2.75) is 40.3 Å². The van der Waals surface area contributed by atoms with Crippen molar-refractivity contribution in [1.82, 2.24) is 14.8 Å². The van der Waals surface area contributed by atoms with Crippen LogP contribution >= 0.6 is 11.6 Å². The number of halogens is 2. The van der Waals surface area contributed by atoms with Crippen molar-refractivity contribution in [2.24, 2.45) is 0 Å². The molecule has 268 valence electrons. The Morgan fingerprint density at radius 3 is 2.23 bits per heavy atom. The van der Waals surface area contributed by atoms with Crippen molar-refractivity contribution in [2.75, 3.05) is 32.8 Å². The zero-order chi connectivity index (χ0) is 36.5. The average Bonchev–Trinajstić information content (AvgIpc) is 3.13. The fraction of sp³-hybridized carbons (Fsp3) is 0.256. The molecule has 0 radical (unpaired) electrons. The lowest BCUT2D eigenvalue weighted by Crippen LogP contribution is -2.47. The van der Waals surface area contributed by atoms with E-state index in [9.17, 15) is 9.18 Å². The maximum atomic E-state index is 13.7. The summed E-state index contributed by atoms with van der Waals surface area (Å²) in [5.41, 5.74) is 6.92. The van der Waals surface area contributed by atoms with Crippen LogP contribution in [0.1, 0.15) is 38.9 Å². The molecule has 0 bridgehead atoms. The van der Waals surface area contributed by atoms with E-state index in [2.05, 4.69) is 53.2 Å². The second kappa shape index (κ2) is 17.4. The Morgan fingerprint density at radius 1 is 0.808 bits per heavy atom. The summed E-state index contributed by atoms with van der Waals surface area (Å²) >= 11 is 6.62. The minimum Gasteiger partial charge on any atom is -0.493 e. The summed E-state index contributed by atoms with van der Waals surface area (Å²) in [5, 5.41) is 0.410. The number of aryl methyl sites for hydroxylation is 3. The van der Waals surface area contributed by atoms with Crippen molar-refractivity contribution >= 4 is 23.6 Å². The highest BCUT2D eigenvalue weighted by atomic mass is 35.5. The lowest BCUT2D eigenvalue weighted by Gasteiger charge is -2.34. The molecule has 7 nitrogen and oxygen atoms in total. The van der Waals surface area contributed by atoms with Gasteiger partial charge in [0.2, 0.25) is 11.8 Å². The molecule has 5 aromatic rings. The Hall–Kier alpha value is -5.18. The summed E-state index contributed by atoms with van der Waals surface area (Å²) < 4.78 is 31.3. The first kappa shape index (κ1) is 36.6. The molecule has 1 aliphatic rings. The van der Waals surface area contributed by atoms with E-state index in [0.29, 0.717) is 42.1 Å². The maximum absolute atomic E-state index is 13.7. The highest BCUT2D eigenvalue weighted by molar-refractivity contribution is 6.32. The Balaban J connectivity index is 0.935. The van der Waals surface area contributed by atoms with Gasteiger partial charge in [0.25, 0.3) is 0 Å². The van der Waals surface area contributed by atoms with Gasteiger partial charge in [0.1, 0.15) is 23.9 Å². The Morgan fingerprint density at radius 2 is 1.54 bits per heavy atom. The third-order valence-electron chi connectivity index (χ3n) is 8.89. The number of rotatable bonds is 13. The number of amides is 1. The van der Waals surface area contributed by atoms with Crippen molar-refractivity contribution in [3.63, 3.8) is 0 Å². The summed E-state index contributed by atoms with van der Waals surface area (Å²) in [4.78, 5) is 21.6. The Kier molecular flexibility index (Phi) is 12.2. The lowest BCUT2D eigenvalue weighted by atomic mass is 10.1. The highest BCUT2D eigenvalue weighted by Gasteiger charge is 2.20. The third-order valence-corrected chi connectivity index (χ3v) is 9.17. The molecule has 52 heavy (non-hydrogen) atoms. The van der Waals surface area contributed by atoms with Gasteiger partial charge in [-0.1, -0.05) is 59.6 Å². The number of benzene rings is 4. The van der Waals surface area contributed by atoms with Crippen LogP contribution in [-0.4, -0.2) is 53.5 Å². The van der Waals surface area contributed by atoms with Gasteiger partial charge in [0, 0.05) is 51.3 Å². The molecule has 6 rings (SSSR count). The predicted octanol–water partition coefficient (Wildman–Crippen LogP) is 9.15. The van der Waals surface area contributed by atoms with E-state index in [0.717, 1.165) is 54.1 Å². The molecule has 0 saturated carbocycles. The molecule has 2 heterocycles. The number of ether oxygens (including phenoxy) is 3. The third kappa shape index (κ3) is 10.4. The van der Waals surface area contributed by atoms with Crippen LogP contribution in [0.4, 0.5) is 4.39 Å². The molecule has 1 fully saturated rings. The van der Waals surface area contributed by atoms with E-state index in [4.69, 9.17) is 25.8 Å². The molecule has 4 aromatic carbocycles. The predicted molar refractivity (Wildman–Crippen MR) is 204 cm³/mol. The summed E-state index contributed by atoms with van der Waals surface area (Å²) in [6.45, 7) is 10.5.